The minimum Gasteiger partial charge on any atom is -0.406 e. The van der Waals surface area contributed by atoms with E-state index in [4.69, 9.17) is 14.2 Å². The third-order valence-electron chi connectivity index (χ3n) is 7.85. The van der Waals surface area contributed by atoms with E-state index in [1.165, 1.54) is 30.6 Å². The number of aliphatic hydroxyl groups is 2. The molecule has 2 unspecified atom stereocenters. The third kappa shape index (κ3) is 8.89. The van der Waals surface area contributed by atoms with Gasteiger partial charge in [-0.2, -0.15) is 0 Å². The Labute approximate surface area is 257 Å². The normalized spacial score (nSPS) is 22.1. The SMILES string of the molecule is O=C(NCCOCCOCCOCC1C[C@@H]2C1[C@@H](O)[C@H]2O)c1cccc(-c2cc(Nc3ccc(OC(F)(F)F)cc3)ncn2)c1. The quantitative estimate of drug-likeness (QED) is 0.173. The number of halogens is 3. The largest absolute Gasteiger partial charge is 0.573 e. The highest BCUT2D eigenvalue weighted by Gasteiger charge is 2.59. The van der Waals surface area contributed by atoms with Crippen molar-refractivity contribution in [2.24, 2.45) is 17.8 Å². The summed E-state index contributed by atoms with van der Waals surface area (Å²) in [5.41, 5.74) is 2.16. The Morgan fingerprint density at radius 3 is 2.38 bits per heavy atom. The molecule has 5 atom stereocenters. The van der Waals surface area contributed by atoms with Gasteiger partial charge in [0.15, 0.2) is 0 Å². The standard InChI is InChI=1S/C31H35F3N4O7/c32-31(33,34)45-23-6-4-22(5-7-23)38-26-16-25(36-18-37-26)19-2-1-3-20(14-19)30(41)35-8-9-42-10-11-43-12-13-44-17-21-15-24-27(21)29(40)28(24)39/h1-7,14,16,18,21,24,27-29,39-40H,8-13,15,17H2,(H,35,41)(H,36,37,38)/t21?,24-,27?,28+,29-/m1/s1. The van der Waals surface area contributed by atoms with Crippen LogP contribution >= 0.6 is 0 Å². The van der Waals surface area contributed by atoms with Crippen LogP contribution in [-0.2, 0) is 14.2 Å². The third-order valence-corrected chi connectivity index (χ3v) is 7.85. The Kier molecular flexibility index (Phi) is 10.8. The minimum atomic E-state index is -4.77. The van der Waals surface area contributed by atoms with Crippen LogP contribution in [-0.4, -0.2) is 90.8 Å². The van der Waals surface area contributed by atoms with Crippen molar-refractivity contribution in [1.82, 2.24) is 15.3 Å². The zero-order valence-corrected chi connectivity index (χ0v) is 24.3. The van der Waals surface area contributed by atoms with Crippen molar-refractivity contribution in [3.05, 3.63) is 66.5 Å². The molecule has 0 radical (unpaired) electrons. The molecule has 5 rings (SSSR count). The summed E-state index contributed by atoms with van der Waals surface area (Å²) in [5.74, 6) is 0.517. The number of carbonyl (C=O) groups excluding carboxylic acids is 1. The number of hydrogen-bond acceptors (Lipinski definition) is 10. The van der Waals surface area contributed by atoms with Crippen LogP contribution in [0.3, 0.4) is 0 Å². The van der Waals surface area contributed by atoms with Crippen LogP contribution in [0.2, 0.25) is 0 Å². The zero-order chi connectivity index (χ0) is 31.8. The van der Waals surface area contributed by atoms with Gasteiger partial charge in [0, 0.05) is 36.0 Å². The van der Waals surface area contributed by atoms with Gasteiger partial charge in [-0.1, -0.05) is 12.1 Å². The smallest absolute Gasteiger partial charge is 0.406 e. The first-order valence-corrected chi connectivity index (χ1v) is 14.6. The molecule has 2 aliphatic rings. The summed E-state index contributed by atoms with van der Waals surface area (Å²) >= 11 is 0. The molecule has 2 aliphatic carbocycles. The van der Waals surface area contributed by atoms with Gasteiger partial charge in [-0.25, -0.2) is 9.97 Å². The fraction of sp³-hybridized carbons (Fsp3) is 0.452. The fourth-order valence-corrected chi connectivity index (χ4v) is 5.54. The van der Waals surface area contributed by atoms with Crippen molar-refractivity contribution in [3.63, 3.8) is 0 Å². The minimum absolute atomic E-state index is 0.169. The molecule has 11 nitrogen and oxygen atoms in total. The summed E-state index contributed by atoms with van der Waals surface area (Å²) in [6.07, 6.45) is -3.70. The monoisotopic (exact) mass is 632 g/mol. The zero-order valence-electron chi connectivity index (χ0n) is 24.3. The number of hydrogen-bond donors (Lipinski definition) is 4. The van der Waals surface area contributed by atoms with Gasteiger partial charge in [0.2, 0.25) is 0 Å². The number of alkyl halides is 3. The van der Waals surface area contributed by atoms with Gasteiger partial charge in [0.05, 0.1) is 50.9 Å². The number of benzene rings is 2. The molecule has 3 aromatic rings. The lowest BCUT2D eigenvalue weighted by Gasteiger charge is -2.59. The van der Waals surface area contributed by atoms with Gasteiger partial charge >= 0.3 is 6.36 Å². The number of rotatable bonds is 16. The summed E-state index contributed by atoms with van der Waals surface area (Å²) in [4.78, 5) is 21.1. The van der Waals surface area contributed by atoms with Gasteiger partial charge in [-0.15, -0.1) is 13.2 Å². The molecule has 1 amide bonds. The number of ether oxygens (including phenoxy) is 4. The van der Waals surface area contributed by atoms with E-state index in [0.29, 0.717) is 80.4 Å². The second kappa shape index (κ2) is 15.0. The van der Waals surface area contributed by atoms with E-state index in [-0.39, 0.29) is 23.5 Å². The van der Waals surface area contributed by atoms with Crippen LogP contribution in [0, 0.1) is 17.8 Å². The van der Waals surface area contributed by atoms with E-state index in [0.717, 1.165) is 6.42 Å². The van der Waals surface area contributed by atoms with Crippen LogP contribution in [0.15, 0.2) is 60.9 Å². The number of nitrogens with zero attached hydrogens (tertiary/aromatic N) is 2. The van der Waals surface area contributed by atoms with Crippen molar-refractivity contribution in [1.29, 1.82) is 0 Å². The molecule has 1 heterocycles. The number of fused-ring (bicyclic) bond motifs is 1. The van der Waals surface area contributed by atoms with E-state index in [1.807, 2.05) is 0 Å². The van der Waals surface area contributed by atoms with Crippen molar-refractivity contribution < 1.29 is 47.1 Å². The highest BCUT2D eigenvalue weighted by atomic mass is 19.4. The molecule has 242 valence electrons. The van der Waals surface area contributed by atoms with E-state index in [9.17, 15) is 28.2 Å². The fourth-order valence-electron chi connectivity index (χ4n) is 5.54. The summed E-state index contributed by atoms with van der Waals surface area (Å²) in [6.45, 7) is 2.84. The predicted octanol–water partition coefficient (Wildman–Crippen LogP) is 3.55. The number of carbonyl (C=O) groups is 1. The van der Waals surface area contributed by atoms with Crippen molar-refractivity contribution in [2.45, 2.75) is 25.0 Å². The molecule has 0 spiro atoms. The summed E-state index contributed by atoms with van der Waals surface area (Å²) < 4.78 is 57.7. The average Bonchev–Trinajstić information content (AvgIpc) is 3.01. The number of aliphatic hydroxyl groups excluding tert-OH is 2. The molecule has 2 saturated carbocycles. The first-order chi connectivity index (χ1) is 21.7. The molecule has 14 heteroatoms. The van der Waals surface area contributed by atoms with Crippen LogP contribution in [0.4, 0.5) is 24.7 Å². The molecule has 2 fully saturated rings. The maximum atomic E-state index is 12.7. The lowest BCUT2D eigenvalue weighted by atomic mass is 9.50. The van der Waals surface area contributed by atoms with Gasteiger partial charge in [0.25, 0.3) is 5.91 Å². The van der Waals surface area contributed by atoms with Crippen molar-refractivity contribution in [2.75, 3.05) is 51.5 Å². The van der Waals surface area contributed by atoms with Gasteiger partial charge in [-0.3, -0.25) is 4.79 Å². The van der Waals surface area contributed by atoms with E-state index in [1.54, 1.807) is 30.3 Å². The van der Waals surface area contributed by atoms with Gasteiger partial charge in [-0.05, 0) is 60.6 Å². The number of amides is 1. The lowest BCUT2D eigenvalue weighted by molar-refractivity contribution is -0.274. The second-order valence-corrected chi connectivity index (χ2v) is 10.8. The molecular formula is C31H35F3N4O7. The van der Waals surface area contributed by atoms with Crippen LogP contribution < -0.4 is 15.4 Å². The molecule has 0 saturated heterocycles. The highest BCUT2D eigenvalue weighted by Crippen LogP contribution is 2.54. The van der Waals surface area contributed by atoms with Gasteiger partial charge in [0.1, 0.15) is 17.9 Å². The number of anilines is 2. The Morgan fingerprint density at radius 1 is 0.911 bits per heavy atom. The van der Waals surface area contributed by atoms with Gasteiger partial charge < -0.3 is 39.8 Å². The first-order valence-electron chi connectivity index (χ1n) is 14.6. The summed E-state index contributed by atoms with van der Waals surface area (Å²) in [7, 11) is 0. The van der Waals surface area contributed by atoms with Crippen molar-refractivity contribution >= 4 is 17.4 Å². The predicted molar refractivity (Wildman–Crippen MR) is 156 cm³/mol. The van der Waals surface area contributed by atoms with Crippen molar-refractivity contribution in [3.8, 4) is 17.0 Å². The Hall–Kier alpha value is -3.82. The topological polar surface area (TPSA) is 144 Å². The van der Waals surface area contributed by atoms with E-state index in [2.05, 4.69) is 25.3 Å². The molecule has 0 aliphatic heterocycles. The molecule has 45 heavy (non-hydrogen) atoms. The molecule has 0 bridgehead atoms. The maximum absolute atomic E-state index is 12.7. The van der Waals surface area contributed by atoms with E-state index >= 15 is 0 Å². The molecule has 4 N–H and O–H groups in total. The molecular weight excluding hydrogens is 597 g/mol. The van der Waals surface area contributed by atoms with E-state index < -0.39 is 18.6 Å². The molecule has 2 aromatic carbocycles. The summed E-state index contributed by atoms with van der Waals surface area (Å²) in [5, 5.41) is 25.2. The Balaban J connectivity index is 0.963. The first kappa shape index (κ1) is 32.6. The maximum Gasteiger partial charge on any atom is 0.573 e. The van der Waals surface area contributed by atoms with Crippen LogP contribution in [0.1, 0.15) is 16.8 Å². The lowest BCUT2D eigenvalue weighted by Crippen LogP contribution is -2.66. The Morgan fingerprint density at radius 2 is 1.64 bits per heavy atom. The summed E-state index contributed by atoms with van der Waals surface area (Å²) in [6, 6.07) is 13.8. The number of aromatic nitrogens is 2. The number of nitrogens with one attached hydrogen (secondary N) is 2. The second-order valence-electron chi connectivity index (χ2n) is 10.8. The molecule has 1 aromatic heterocycles. The van der Waals surface area contributed by atoms with Crippen LogP contribution in [0.5, 0.6) is 5.75 Å². The highest BCUT2D eigenvalue weighted by molar-refractivity contribution is 5.95. The Bertz CT molecular complexity index is 1410. The average molecular weight is 633 g/mol. The van der Waals surface area contributed by atoms with Crippen LogP contribution in [0.25, 0.3) is 11.3 Å².